The maximum Gasteiger partial charge on any atom is 0.199 e. The smallest absolute Gasteiger partial charge is 0.199 e. The summed E-state index contributed by atoms with van der Waals surface area (Å²) < 4.78 is 22.7. The van der Waals surface area contributed by atoms with Crippen LogP contribution in [-0.2, 0) is 9.47 Å². The van der Waals surface area contributed by atoms with Gasteiger partial charge in [-0.15, -0.1) is 0 Å². The maximum absolute atomic E-state index is 5.79. The molecule has 2 unspecified atom stereocenters. The zero-order valence-electron chi connectivity index (χ0n) is 11.8. The Kier molecular flexibility index (Phi) is 4.77. The van der Waals surface area contributed by atoms with E-state index in [1.807, 2.05) is 24.3 Å². The first-order chi connectivity index (χ1) is 9.90. The molecule has 0 radical (unpaired) electrons. The van der Waals surface area contributed by atoms with Gasteiger partial charge < -0.3 is 18.9 Å². The van der Waals surface area contributed by atoms with E-state index in [0.29, 0.717) is 0 Å². The summed E-state index contributed by atoms with van der Waals surface area (Å²) >= 11 is 0. The quantitative estimate of drug-likeness (QED) is 0.844. The molecule has 4 heteroatoms. The summed E-state index contributed by atoms with van der Waals surface area (Å²) in [5, 5.41) is 0. The topological polar surface area (TPSA) is 36.9 Å². The molecule has 2 aliphatic rings. The highest BCUT2D eigenvalue weighted by molar-refractivity contribution is 5.31. The molecule has 1 aromatic carbocycles. The maximum atomic E-state index is 5.79. The van der Waals surface area contributed by atoms with Crippen molar-refractivity contribution in [2.24, 2.45) is 0 Å². The molecule has 2 aliphatic heterocycles. The van der Waals surface area contributed by atoms with Gasteiger partial charge in [-0.05, 0) is 49.9 Å². The van der Waals surface area contributed by atoms with Gasteiger partial charge in [0.15, 0.2) is 12.6 Å². The van der Waals surface area contributed by atoms with Gasteiger partial charge in [0.2, 0.25) is 0 Å². The second kappa shape index (κ2) is 6.95. The number of hydrogen-bond acceptors (Lipinski definition) is 4. The normalized spacial score (nSPS) is 27.0. The Morgan fingerprint density at radius 3 is 1.50 bits per heavy atom. The minimum absolute atomic E-state index is 0.0998. The largest absolute Gasteiger partial charge is 0.465 e. The molecule has 110 valence electrons. The molecule has 2 saturated heterocycles. The van der Waals surface area contributed by atoms with Crippen molar-refractivity contribution in [3.8, 4) is 11.5 Å². The fourth-order valence-corrected chi connectivity index (χ4v) is 2.51. The van der Waals surface area contributed by atoms with Crippen LogP contribution < -0.4 is 9.47 Å². The van der Waals surface area contributed by atoms with Crippen molar-refractivity contribution in [3.05, 3.63) is 24.3 Å². The summed E-state index contributed by atoms with van der Waals surface area (Å²) in [7, 11) is 0. The van der Waals surface area contributed by atoms with Gasteiger partial charge in [0.25, 0.3) is 0 Å². The summed E-state index contributed by atoms with van der Waals surface area (Å²) in [6, 6.07) is 7.71. The van der Waals surface area contributed by atoms with Crippen molar-refractivity contribution in [1.82, 2.24) is 0 Å². The van der Waals surface area contributed by atoms with Crippen molar-refractivity contribution in [1.29, 1.82) is 0 Å². The monoisotopic (exact) mass is 278 g/mol. The van der Waals surface area contributed by atoms with Gasteiger partial charge in [-0.3, -0.25) is 0 Å². The van der Waals surface area contributed by atoms with Crippen LogP contribution in [0.2, 0.25) is 0 Å². The average Bonchev–Trinajstić information content (AvgIpc) is 2.51. The van der Waals surface area contributed by atoms with Gasteiger partial charge in [-0.25, -0.2) is 0 Å². The number of hydrogen-bond donors (Lipinski definition) is 0. The number of rotatable bonds is 4. The molecule has 0 bridgehead atoms. The molecule has 0 aromatic heterocycles. The SMILES string of the molecule is c1cc(OC2CCCCO2)ccc1OC1CCCCO1. The molecule has 2 heterocycles. The Bertz CT molecular complexity index is 352. The summed E-state index contributed by atoms with van der Waals surface area (Å²) in [6.07, 6.45) is 6.34. The van der Waals surface area contributed by atoms with Crippen LogP contribution in [0.15, 0.2) is 24.3 Å². The van der Waals surface area contributed by atoms with Crippen molar-refractivity contribution < 1.29 is 18.9 Å². The zero-order valence-corrected chi connectivity index (χ0v) is 11.8. The predicted octanol–water partition coefficient (Wildman–Crippen LogP) is 3.50. The van der Waals surface area contributed by atoms with Crippen LogP contribution >= 0.6 is 0 Å². The van der Waals surface area contributed by atoms with Crippen LogP contribution in [0.3, 0.4) is 0 Å². The zero-order chi connectivity index (χ0) is 13.6. The van der Waals surface area contributed by atoms with Gasteiger partial charge >= 0.3 is 0 Å². The lowest BCUT2D eigenvalue weighted by Crippen LogP contribution is -2.25. The molecular weight excluding hydrogens is 256 g/mol. The molecule has 1 aromatic rings. The average molecular weight is 278 g/mol. The molecule has 0 saturated carbocycles. The highest BCUT2D eigenvalue weighted by atomic mass is 16.7. The third-order valence-corrected chi connectivity index (χ3v) is 3.63. The summed E-state index contributed by atoms with van der Waals surface area (Å²) in [6.45, 7) is 1.59. The molecule has 2 atom stereocenters. The molecule has 0 amide bonds. The van der Waals surface area contributed by atoms with Gasteiger partial charge in [0.1, 0.15) is 11.5 Å². The molecular formula is C16H22O4. The standard InChI is InChI=1S/C16H22O4/c1-3-11-17-15(5-1)19-13-7-9-14(10-8-13)20-16-6-2-4-12-18-16/h7-10,15-16H,1-6,11-12H2. The van der Waals surface area contributed by atoms with Gasteiger partial charge in [0, 0.05) is 12.8 Å². The lowest BCUT2D eigenvalue weighted by Gasteiger charge is -2.24. The van der Waals surface area contributed by atoms with Crippen molar-refractivity contribution in [2.45, 2.75) is 51.1 Å². The summed E-state index contributed by atoms with van der Waals surface area (Å²) in [4.78, 5) is 0. The fraction of sp³-hybridized carbons (Fsp3) is 0.625. The first kappa shape index (κ1) is 13.7. The number of benzene rings is 1. The lowest BCUT2D eigenvalue weighted by atomic mass is 10.2. The van der Waals surface area contributed by atoms with Gasteiger partial charge in [-0.1, -0.05) is 0 Å². The van der Waals surface area contributed by atoms with Gasteiger partial charge in [0.05, 0.1) is 13.2 Å². The Balaban J connectivity index is 1.51. The Hall–Kier alpha value is -1.26. The van der Waals surface area contributed by atoms with Crippen molar-refractivity contribution in [3.63, 3.8) is 0 Å². The van der Waals surface area contributed by atoms with Crippen LogP contribution in [0.4, 0.5) is 0 Å². The summed E-state index contributed by atoms with van der Waals surface area (Å²) in [5.74, 6) is 1.66. The van der Waals surface area contributed by atoms with Crippen molar-refractivity contribution in [2.75, 3.05) is 13.2 Å². The van der Waals surface area contributed by atoms with E-state index in [9.17, 15) is 0 Å². The van der Waals surface area contributed by atoms with Crippen LogP contribution in [0.25, 0.3) is 0 Å². The van der Waals surface area contributed by atoms with E-state index in [-0.39, 0.29) is 12.6 Å². The minimum atomic E-state index is -0.0998. The summed E-state index contributed by atoms with van der Waals surface area (Å²) in [5.41, 5.74) is 0. The Morgan fingerprint density at radius 2 is 1.15 bits per heavy atom. The van der Waals surface area contributed by atoms with E-state index >= 15 is 0 Å². The molecule has 0 spiro atoms. The van der Waals surface area contributed by atoms with E-state index in [4.69, 9.17) is 18.9 Å². The van der Waals surface area contributed by atoms with Gasteiger partial charge in [-0.2, -0.15) is 0 Å². The van der Waals surface area contributed by atoms with Crippen LogP contribution in [0, 0.1) is 0 Å². The lowest BCUT2D eigenvalue weighted by molar-refractivity contribution is -0.107. The van der Waals surface area contributed by atoms with E-state index in [1.54, 1.807) is 0 Å². The molecule has 20 heavy (non-hydrogen) atoms. The minimum Gasteiger partial charge on any atom is -0.465 e. The second-order valence-electron chi connectivity index (χ2n) is 5.30. The highest BCUT2D eigenvalue weighted by Gasteiger charge is 2.16. The predicted molar refractivity (Wildman–Crippen MR) is 74.9 cm³/mol. The Morgan fingerprint density at radius 1 is 0.700 bits per heavy atom. The molecule has 0 N–H and O–H groups in total. The number of ether oxygens (including phenoxy) is 4. The fourth-order valence-electron chi connectivity index (χ4n) is 2.51. The van der Waals surface area contributed by atoms with Crippen LogP contribution in [0.1, 0.15) is 38.5 Å². The molecule has 4 nitrogen and oxygen atoms in total. The first-order valence-corrected chi connectivity index (χ1v) is 7.57. The van der Waals surface area contributed by atoms with Crippen molar-refractivity contribution >= 4 is 0 Å². The van der Waals surface area contributed by atoms with E-state index in [1.165, 1.54) is 12.8 Å². The Labute approximate surface area is 120 Å². The molecule has 2 fully saturated rings. The highest BCUT2D eigenvalue weighted by Crippen LogP contribution is 2.24. The van der Waals surface area contributed by atoms with Crippen LogP contribution in [0.5, 0.6) is 11.5 Å². The molecule has 3 rings (SSSR count). The molecule has 0 aliphatic carbocycles. The van der Waals surface area contributed by atoms with E-state index in [0.717, 1.165) is 50.4 Å². The van der Waals surface area contributed by atoms with E-state index in [2.05, 4.69) is 0 Å². The first-order valence-electron chi connectivity index (χ1n) is 7.57. The second-order valence-corrected chi connectivity index (χ2v) is 5.30. The third kappa shape index (κ3) is 3.87. The van der Waals surface area contributed by atoms with Crippen LogP contribution in [-0.4, -0.2) is 25.8 Å². The third-order valence-electron chi connectivity index (χ3n) is 3.63. The van der Waals surface area contributed by atoms with E-state index < -0.39 is 0 Å².